The Balaban J connectivity index is 1.67. The SMILES string of the molecule is O=C1NC(=Nc2cccc3ccccc23)S/C1=C\c1cccc(O)c1. The zero-order chi connectivity index (χ0) is 17.2. The second-order valence-electron chi connectivity index (χ2n) is 5.57. The average molecular weight is 346 g/mol. The number of aliphatic imine (C=N–C) groups is 1. The zero-order valence-electron chi connectivity index (χ0n) is 13.1. The van der Waals surface area contributed by atoms with E-state index in [0.29, 0.717) is 10.1 Å². The lowest BCUT2D eigenvalue weighted by molar-refractivity contribution is -0.115. The first-order chi connectivity index (χ1) is 12.2. The minimum absolute atomic E-state index is 0.169. The van der Waals surface area contributed by atoms with Crippen molar-refractivity contribution >= 4 is 45.4 Å². The molecule has 0 unspecified atom stereocenters. The van der Waals surface area contributed by atoms with E-state index in [2.05, 4.69) is 10.3 Å². The van der Waals surface area contributed by atoms with Gasteiger partial charge in [-0.2, -0.15) is 0 Å². The van der Waals surface area contributed by atoms with Gasteiger partial charge in [0.15, 0.2) is 5.17 Å². The number of hydrogen-bond acceptors (Lipinski definition) is 4. The molecule has 0 saturated carbocycles. The van der Waals surface area contributed by atoms with E-state index in [0.717, 1.165) is 22.0 Å². The Morgan fingerprint density at radius 2 is 1.80 bits per heavy atom. The zero-order valence-corrected chi connectivity index (χ0v) is 14.0. The maximum atomic E-state index is 12.2. The molecule has 122 valence electrons. The summed E-state index contributed by atoms with van der Waals surface area (Å²) in [6.45, 7) is 0. The number of carbonyl (C=O) groups is 1. The first-order valence-electron chi connectivity index (χ1n) is 7.75. The van der Waals surface area contributed by atoms with E-state index < -0.39 is 0 Å². The van der Waals surface area contributed by atoms with Crippen LogP contribution < -0.4 is 5.32 Å². The predicted molar refractivity (Wildman–Crippen MR) is 103 cm³/mol. The van der Waals surface area contributed by atoms with Crippen molar-refractivity contribution in [2.24, 2.45) is 4.99 Å². The molecule has 3 aromatic rings. The quantitative estimate of drug-likeness (QED) is 0.675. The van der Waals surface area contributed by atoms with Crippen molar-refractivity contribution in [2.45, 2.75) is 0 Å². The van der Waals surface area contributed by atoms with E-state index in [-0.39, 0.29) is 11.7 Å². The van der Waals surface area contributed by atoms with Gasteiger partial charge >= 0.3 is 0 Å². The van der Waals surface area contributed by atoms with Gasteiger partial charge < -0.3 is 10.4 Å². The molecule has 1 aliphatic rings. The van der Waals surface area contributed by atoms with Crippen LogP contribution in [0.3, 0.4) is 0 Å². The molecule has 0 radical (unpaired) electrons. The highest BCUT2D eigenvalue weighted by atomic mass is 32.2. The van der Waals surface area contributed by atoms with Gasteiger partial charge in [0.05, 0.1) is 10.6 Å². The molecule has 4 nitrogen and oxygen atoms in total. The Bertz CT molecular complexity index is 1040. The van der Waals surface area contributed by atoms with Crippen molar-refractivity contribution in [1.82, 2.24) is 5.32 Å². The first kappa shape index (κ1) is 15.5. The number of nitrogens with zero attached hydrogens (tertiary/aromatic N) is 1. The van der Waals surface area contributed by atoms with Crippen molar-refractivity contribution in [2.75, 3.05) is 0 Å². The van der Waals surface area contributed by atoms with Crippen LogP contribution in [0, 0.1) is 0 Å². The molecule has 0 bridgehead atoms. The molecule has 0 atom stereocenters. The van der Waals surface area contributed by atoms with E-state index >= 15 is 0 Å². The summed E-state index contributed by atoms with van der Waals surface area (Å²) in [5, 5.41) is 15.0. The fraction of sp³-hybridized carbons (Fsp3) is 0. The van der Waals surface area contributed by atoms with Crippen molar-refractivity contribution < 1.29 is 9.90 Å². The summed E-state index contributed by atoms with van der Waals surface area (Å²) in [7, 11) is 0. The van der Waals surface area contributed by atoms with Gasteiger partial charge in [-0.05, 0) is 47.0 Å². The van der Waals surface area contributed by atoms with Gasteiger partial charge in [-0.15, -0.1) is 0 Å². The third-order valence-electron chi connectivity index (χ3n) is 3.81. The molecular weight excluding hydrogens is 332 g/mol. The van der Waals surface area contributed by atoms with Crippen LogP contribution in [0.25, 0.3) is 16.8 Å². The van der Waals surface area contributed by atoms with Crippen LogP contribution in [0.2, 0.25) is 0 Å². The number of phenolic OH excluding ortho intramolecular Hbond substituents is 1. The summed E-state index contributed by atoms with van der Waals surface area (Å²) in [5.41, 5.74) is 1.59. The molecule has 1 aliphatic heterocycles. The van der Waals surface area contributed by atoms with Gasteiger partial charge in [0.1, 0.15) is 5.75 Å². The number of carbonyl (C=O) groups excluding carboxylic acids is 1. The molecule has 2 N–H and O–H groups in total. The van der Waals surface area contributed by atoms with Crippen LogP contribution in [0.5, 0.6) is 5.75 Å². The number of amides is 1. The van der Waals surface area contributed by atoms with Crippen molar-refractivity contribution in [3.8, 4) is 5.75 Å². The number of fused-ring (bicyclic) bond motifs is 1. The maximum absolute atomic E-state index is 12.2. The van der Waals surface area contributed by atoms with E-state index in [1.165, 1.54) is 11.8 Å². The van der Waals surface area contributed by atoms with Crippen LogP contribution in [-0.2, 0) is 4.79 Å². The normalized spacial score (nSPS) is 17.4. The second kappa shape index (κ2) is 6.45. The molecule has 5 heteroatoms. The summed E-state index contributed by atoms with van der Waals surface area (Å²) < 4.78 is 0. The topological polar surface area (TPSA) is 61.7 Å². The van der Waals surface area contributed by atoms with Crippen LogP contribution in [-0.4, -0.2) is 16.2 Å². The van der Waals surface area contributed by atoms with Crippen LogP contribution in [0.15, 0.2) is 76.6 Å². The van der Waals surface area contributed by atoms with Gasteiger partial charge in [0.25, 0.3) is 5.91 Å². The fourth-order valence-corrected chi connectivity index (χ4v) is 3.50. The fourth-order valence-electron chi connectivity index (χ4n) is 2.66. The Hall–Kier alpha value is -3.05. The molecule has 1 heterocycles. The van der Waals surface area contributed by atoms with Gasteiger partial charge in [0.2, 0.25) is 0 Å². The molecule has 1 saturated heterocycles. The molecule has 25 heavy (non-hydrogen) atoms. The van der Waals surface area contributed by atoms with E-state index in [1.807, 2.05) is 48.5 Å². The van der Waals surface area contributed by atoms with E-state index in [9.17, 15) is 9.90 Å². The average Bonchev–Trinajstić information content (AvgIpc) is 2.94. The van der Waals surface area contributed by atoms with Crippen molar-refractivity contribution in [3.05, 3.63) is 77.2 Å². The van der Waals surface area contributed by atoms with E-state index in [4.69, 9.17) is 0 Å². The van der Waals surface area contributed by atoms with Crippen molar-refractivity contribution in [1.29, 1.82) is 0 Å². The minimum atomic E-state index is -0.188. The summed E-state index contributed by atoms with van der Waals surface area (Å²) in [5.74, 6) is -0.0188. The lowest BCUT2D eigenvalue weighted by Gasteiger charge is -2.02. The Labute approximate surface area is 148 Å². The number of thioether (sulfide) groups is 1. The number of hydrogen-bond donors (Lipinski definition) is 2. The maximum Gasteiger partial charge on any atom is 0.264 e. The van der Waals surface area contributed by atoms with Gasteiger partial charge in [-0.3, -0.25) is 4.79 Å². The lowest BCUT2D eigenvalue weighted by Crippen LogP contribution is -2.19. The van der Waals surface area contributed by atoms with Gasteiger partial charge in [-0.25, -0.2) is 4.99 Å². The highest BCUT2D eigenvalue weighted by molar-refractivity contribution is 8.18. The molecule has 0 aliphatic carbocycles. The van der Waals surface area contributed by atoms with Crippen LogP contribution in [0.1, 0.15) is 5.56 Å². The monoisotopic (exact) mass is 346 g/mol. The number of nitrogens with one attached hydrogen (secondary N) is 1. The highest BCUT2D eigenvalue weighted by Crippen LogP contribution is 2.31. The summed E-state index contributed by atoms with van der Waals surface area (Å²) >= 11 is 1.29. The molecule has 3 aromatic carbocycles. The molecule has 0 aromatic heterocycles. The molecule has 4 rings (SSSR count). The molecule has 0 spiro atoms. The Kier molecular flexibility index (Phi) is 3.99. The number of amidine groups is 1. The highest BCUT2D eigenvalue weighted by Gasteiger charge is 2.24. The van der Waals surface area contributed by atoms with E-state index in [1.54, 1.807) is 24.3 Å². The Morgan fingerprint density at radius 3 is 2.68 bits per heavy atom. The minimum Gasteiger partial charge on any atom is -0.508 e. The largest absolute Gasteiger partial charge is 0.508 e. The van der Waals surface area contributed by atoms with Gasteiger partial charge in [-0.1, -0.05) is 48.5 Å². The molecule has 1 fully saturated rings. The number of rotatable bonds is 2. The third kappa shape index (κ3) is 3.27. The lowest BCUT2D eigenvalue weighted by atomic mass is 10.1. The standard InChI is InChI=1S/C20H14N2O2S/c23-15-8-3-5-13(11-15)12-18-19(24)22-20(25-18)21-17-10-4-7-14-6-1-2-9-16(14)17/h1-12,23H,(H,21,22,24)/b18-12-. The molecular formula is C20H14N2O2S. The molecule has 1 amide bonds. The van der Waals surface area contributed by atoms with Crippen molar-refractivity contribution in [3.63, 3.8) is 0 Å². The number of phenols is 1. The number of benzene rings is 3. The second-order valence-corrected chi connectivity index (χ2v) is 6.61. The third-order valence-corrected chi connectivity index (χ3v) is 4.72. The predicted octanol–water partition coefficient (Wildman–Crippen LogP) is 4.44. The summed E-state index contributed by atoms with van der Waals surface area (Å²) in [4.78, 5) is 17.3. The summed E-state index contributed by atoms with van der Waals surface area (Å²) in [6, 6.07) is 20.7. The number of aromatic hydroxyl groups is 1. The smallest absolute Gasteiger partial charge is 0.264 e. The Morgan fingerprint density at radius 1 is 1.00 bits per heavy atom. The van der Waals surface area contributed by atoms with Crippen LogP contribution >= 0.6 is 11.8 Å². The first-order valence-corrected chi connectivity index (χ1v) is 8.57. The van der Waals surface area contributed by atoms with Crippen LogP contribution in [0.4, 0.5) is 5.69 Å². The summed E-state index contributed by atoms with van der Waals surface area (Å²) in [6.07, 6.45) is 1.74. The van der Waals surface area contributed by atoms with Gasteiger partial charge in [0, 0.05) is 5.39 Å².